The van der Waals surface area contributed by atoms with Crippen LogP contribution < -0.4 is 5.32 Å². The van der Waals surface area contributed by atoms with Crippen LogP contribution in [0, 0.1) is 5.82 Å². The van der Waals surface area contributed by atoms with Gasteiger partial charge in [-0.05, 0) is 41.3 Å². The Balaban J connectivity index is 1.43. The van der Waals surface area contributed by atoms with Crippen molar-refractivity contribution in [3.05, 3.63) is 69.5 Å². The minimum atomic E-state index is -0.263. The fourth-order valence-corrected chi connectivity index (χ4v) is 5.07. The molecular formula is C21H21FN2O2S2. The zero-order chi connectivity index (χ0) is 19.3. The standard InChI is InChI=1S/C21H21FN2O2S2/c22-16-5-3-15(4-6-16)18-7-8-20(28-18)21(25)23-14-17(19-2-1-13-27-19)24-9-11-26-12-10-24/h1-8,13,17H,9-12,14H2,(H,23,25). The van der Waals surface area contributed by atoms with E-state index in [1.807, 2.05) is 18.2 Å². The minimum Gasteiger partial charge on any atom is -0.379 e. The Hall–Kier alpha value is -2.06. The van der Waals surface area contributed by atoms with Crippen LogP contribution >= 0.6 is 22.7 Å². The van der Waals surface area contributed by atoms with Crippen molar-refractivity contribution >= 4 is 28.6 Å². The average molecular weight is 417 g/mol. The molecule has 3 heterocycles. The quantitative estimate of drug-likeness (QED) is 0.647. The summed E-state index contributed by atoms with van der Waals surface area (Å²) in [4.78, 5) is 17.9. The molecule has 0 radical (unpaired) electrons. The topological polar surface area (TPSA) is 41.6 Å². The van der Waals surface area contributed by atoms with Crippen molar-refractivity contribution in [1.82, 2.24) is 10.2 Å². The molecular weight excluding hydrogens is 395 g/mol. The van der Waals surface area contributed by atoms with Gasteiger partial charge in [0.1, 0.15) is 5.82 Å². The highest BCUT2D eigenvalue weighted by atomic mass is 32.1. The van der Waals surface area contributed by atoms with Crippen molar-refractivity contribution in [2.75, 3.05) is 32.8 Å². The van der Waals surface area contributed by atoms with Gasteiger partial charge in [-0.1, -0.05) is 18.2 Å². The molecule has 1 fully saturated rings. The lowest BCUT2D eigenvalue weighted by molar-refractivity contribution is 0.0169. The van der Waals surface area contributed by atoms with Gasteiger partial charge in [0.2, 0.25) is 0 Å². The number of carbonyl (C=O) groups excluding carboxylic acids is 1. The molecule has 0 bridgehead atoms. The number of nitrogens with zero attached hydrogens (tertiary/aromatic N) is 1. The zero-order valence-corrected chi connectivity index (χ0v) is 16.9. The van der Waals surface area contributed by atoms with Crippen molar-refractivity contribution in [2.24, 2.45) is 0 Å². The first-order chi connectivity index (χ1) is 13.7. The first-order valence-corrected chi connectivity index (χ1v) is 10.9. The van der Waals surface area contributed by atoms with E-state index in [-0.39, 0.29) is 17.8 Å². The molecule has 0 spiro atoms. The third-order valence-corrected chi connectivity index (χ3v) is 6.88. The molecule has 1 saturated heterocycles. The Morgan fingerprint density at radius 2 is 1.93 bits per heavy atom. The van der Waals surface area contributed by atoms with Crippen LogP contribution in [0.15, 0.2) is 53.9 Å². The molecule has 1 amide bonds. The number of benzene rings is 1. The fourth-order valence-electron chi connectivity index (χ4n) is 3.29. The number of hydrogen-bond donors (Lipinski definition) is 1. The minimum absolute atomic E-state index is 0.0758. The predicted octanol–water partition coefficient (Wildman–Crippen LogP) is 4.42. The van der Waals surface area contributed by atoms with E-state index in [1.54, 1.807) is 23.5 Å². The van der Waals surface area contributed by atoms with Gasteiger partial charge >= 0.3 is 0 Å². The predicted molar refractivity (Wildman–Crippen MR) is 111 cm³/mol. The molecule has 1 unspecified atom stereocenters. The number of thiophene rings is 2. The summed E-state index contributed by atoms with van der Waals surface area (Å²) in [5, 5.41) is 5.16. The van der Waals surface area contributed by atoms with E-state index in [4.69, 9.17) is 4.74 Å². The van der Waals surface area contributed by atoms with Crippen LogP contribution in [-0.2, 0) is 4.74 Å². The summed E-state index contributed by atoms with van der Waals surface area (Å²) in [6.45, 7) is 3.74. The molecule has 3 aromatic rings. The van der Waals surface area contributed by atoms with Crippen LogP contribution in [0.25, 0.3) is 10.4 Å². The maximum Gasteiger partial charge on any atom is 0.261 e. The number of amides is 1. The van der Waals surface area contributed by atoms with E-state index >= 15 is 0 Å². The first kappa shape index (κ1) is 19.3. The van der Waals surface area contributed by atoms with Crippen molar-refractivity contribution in [3.63, 3.8) is 0 Å². The Morgan fingerprint density at radius 1 is 1.14 bits per heavy atom. The number of morpholine rings is 1. The largest absolute Gasteiger partial charge is 0.379 e. The summed E-state index contributed by atoms with van der Waals surface area (Å²) in [5.74, 6) is -0.339. The second kappa shape index (κ2) is 8.96. The lowest BCUT2D eigenvalue weighted by Gasteiger charge is -2.34. The molecule has 1 atom stereocenters. The fraction of sp³-hybridized carbons (Fsp3) is 0.286. The van der Waals surface area contributed by atoms with Gasteiger partial charge in [0.25, 0.3) is 5.91 Å². The highest BCUT2D eigenvalue weighted by molar-refractivity contribution is 7.17. The van der Waals surface area contributed by atoms with Crippen LogP contribution in [0.1, 0.15) is 20.6 Å². The van der Waals surface area contributed by atoms with Gasteiger partial charge < -0.3 is 10.1 Å². The van der Waals surface area contributed by atoms with Crippen molar-refractivity contribution in [3.8, 4) is 10.4 Å². The molecule has 0 aliphatic carbocycles. The van der Waals surface area contributed by atoms with Gasteiger partial charge in [0, 0.05) is 29.4 Å². The van der Waals surface area contributed by atoms with Crippen LogP contribution in [0.5, 0.6) is 0 Å². The highest BCUT2D eigenvalue weighted by Crippen LogP contribution is 2.29. The van der Waals surface area contributed by atoms with Crippen LogP contribution in [0.3, 0.4) is 0 Å². The van der Waals surface area contributed by atoms with Gasteiger partial charge in [-0.2, -0.15) is 0 Å². The number of ether oxygens (including phenoxy) is 1. The number of rotatable bonds is 6. The number of hydrogen-bond acceptors (Lipinski definition) is 5. The van der Waals surface area contributed by atoms with Gasteiger partial charge in [0.05, 0.1) is 24.1 Å². The maximum atomic E-state index is 13.1. The monoisotopic (exact) mass is 416 g/mol. The van der Waals surface area contributed by atoms with Gasteiger partial charge in [0.15, 0.2) is 0 Å². The first-order valence-electron chi connectivity index (χ1n) is 9.20. The second-order valence-corrected chi connectivity index (χ2v) is 8.62. The molecule has 1 N–H and O–H groups in total. The molecule has 146 valence electrons. The van der Waals surface area contributed by atoms with Crippen LogP contribution in [0.2, 0.25) is 0 Å². The molecule has 4 nitrogen and oxygen atoms in total. The third kappa shape index (κ3) is 4.50. The summed E-state index contributed by atoms with van der Waals surface area (Å²) >= 11 is 3.13. The third-order valence-electron chi connectivity index (χ3n) is 4.77. The molecule has 1 aliphatic rings. The summed E-state index contributed by atoms with van der Waals surface area (Å²) in [5.41, 5.74) is 0.912. The van der Waals surface area contributed by atoms with Gasteiger partial charge in [-0.3, -0.25) is 9.69 Å². The summed E-state index contributed by atoms with van der Waals surface area (Å²) in [6.07, 6.45) is 0. The lowest BCUT2D eigenvalue weighted by Crippen LogP contribution is -2.43. The smallest absolute Gasteiger partial charge is 0.261 e. The molecule has 1 aliphatic heterocycles. The Morgan fingerprint density at radius 3 is 2.64 bits per heavy atom. The molecule has 2 aromatic heterocycles. The summed E-state index contributed by atoms with van der Waals surface area (Å²) in [6, 6.07) is 14.4. The number of halogens is 1. The Bertz CT molecular complexity index is 903. The van der Waals surface area contributed by atoms with E-state index in [2.05, 4.69) is 21.7 Å². The number of nitrogens with one attached hydrogen (secondary N) is 1. The summed E-state index contributed by atoms with van der Waals surface area (Å²) < 4.78 is 18.6. The Labute approximate surface area is 171 Å². The average Bonchev–Trinajstić information content (AvgIpc) is 3.42. The molecule has 7 heteroatoms. The van der Waals surface area contributed by atoms with Gasteiger partial charge in [-0.15, -0.1) is 22.7 Å². The summed E-state index contributed by atoms with van der Waals surface area (Å²) in [7, 11) is 0. The lowest BCUT2D eigenvalue weighted by atomic mass is 10.2. The van der Waals surface area contributed by atoms with E-state index in [0.29, 0.717) is 11.4 Å². The van der Waals surface area contributed by atoms with Crippen molar-refractivity contribution in [2.45, 2.75) is 6.04 Å². The van der Waals surface area contributed by atoms with E-state index in [0.717, 1.165) is 36.7 Å². The highest BCUT2D eigenvalue weighted by Gasteiger charge is 2.24. The normalized spacial score (nSPS) is 16.0. The van der Waals surface area contributed by atoms with E-state index in [9.17, 15) is 9.18 Å². The zero-order valence-electron chi connectivity index (χ0n) is 15.3. The van der Waals surface area contributed by atoms with Gasteiger partial charge in [-0.25, -0.2) is 4.39 Å². The van der Waals surface area contributed by atoms with E-state index < -0.39 is 0 Å². The Kier molecular flexibility index (Phi) is 6.17. The molecule has 28 heavy (non-hydrogen) atoms. The van der Waals surface area contributed by atoms with Crippen molar-refractivity contribution < 1.29 is 13.9 Å². The van der Waals surface area contributed by atoms with Crippen LogP contribution in [0.4, 0.5) is 4.39 Å². The number of carbonyl (C=O) groups is 1. The van der Waals surface area contributed by atoms with Crippen molar-refractivity contribution in [1.29, 1.82) is 0 Å². The SMILES string of the molecule is O=C(NCC(c1cccs1)N1CCOCC1)c1ccc(-c2ccc(F)cc2)s1. The molecule has 4 rings (SSSR count). The molecule has 1 aromatic carbocycles. The van der Waals surface area contributed by atoms with E-state index in [1.165, 1.54) is 28.3 Å². The molecule has 0 saturated carbocycles. The maximum absolute atomic E-state index is 13.1. The second-order valence-electron chi connectivity index (χ2n) is 6.56. The van der Waals surface area contributed by atoms with Crippen LogP contribution in [-0.4, -0.2) is 43.7 Å².